The summed E-state index contributed by atoms with van der Waals surface area (Å²) < 4.78 is 12.8. The van der Waals surface area contributed by atoms with E-state index in [-0.39, 0.29) is 5.82 Å². The van der Waals surface area contributed by atoms with E-state index in [1.54, 1.807) is 6.07 Å². The molecule has 0 amide bonds. The molecule has 2 rings (SSSR count). The quantitative estimate of drug-likeness (QED) is 0.578. The second kappa shape index (κ2) is 2.37. The molecule has 0 bridgehead atoms. The molecule has 1 aromatic carbocycles. The highest BCUT2D eigenvalue weighted by Crippen LogP contribution is 2.33. The predicted molar refractivity (Wildman–Crippen MR) is 48.1 cm³/mol. The largest absolute Gasteiger partial charge is 0.355 e. The molecule has 64 valence electrons. The summed E-state index contributed by atoms with van der Waals surface area (Å²) in [5, 5.41) is 0. The Morgan fingerprint density at radius 1 is 1.17 bits per heavy atom. The summed E-state index contributed by atoms with van der Waals surface area (Å²) in [5.41, 5.74) is 2.07. The summed E-state index contributed by atoms with van der Waals surface area (Å²) in [6, 6.07) is 4.88. The van der Waals surface area contributed by atoms with Crippen molar-refractivity contribution < 1.29 is 4.39 Å². The highest BCUT2D eigenvalue weighted by Gasteiger charge is 2.19. The molecular weight excluding hydrogens is 155 g/mol. The summed E-state index contributed by atoms with van der Waals surface area (Å²) in [7, 11) is 3.96. The van der Waals surface area contributed by atoms with Crippen molar-refractivity contribution in [2.24, 2.45) is 0 Å². The molecule has 1 aliphatic rings. The normalized spacial score (nSPS) is 15.2. The zero-order chi connectivity index (χ0) is 8.72. The predicted octanol–water partition coefficient (Wildman–Crippen LogP) is 1.67. The molecule has 3 heteroatoms. The van der Waals surface area contributed by atoms with Gasteiger partial charge in [-0.3, -0.25) is 0 Å². The number of halogens is 1. The lowest BCUT2D eigenvalue weighted by Crippen LogP contribution is -2.23. The van der Waals surface area contributed by atoms with Crippen LogP contribution in [0.3, 0.4) is 0 Å². The fraction of sp³-hybridized carbons (Fsp3) is 0.333. The van der Waals surface area contributed by atoms with Crippen LogP contribution < -0.4 is 9.80 Å². The minimum atomic E-state index is -0.170. The Bertz CT molecular complexity index is 311. The fourth-order valence-corrected chi connectivity index (χ4v) is 1.60. The molecule has 1 aliphatic heterocycles. The van der Waals surface area contributed by atoms with Crippen LogP contribution in [0.1, 0.15) is 0 Å². The van der Waals surface area contributed by atoms with Crippen molar-refractivity contribution in [2.45, 2.75) is 0 Å². The first-order valence-corrected chi connectivity index (χ1v) is 3.90. The average molecular weight is 166 g/mol. The van der Waals surface area contributed by atoms with Crippen molar-refractivity contribution in [3.63, 3.8) is 0 Å². The van der Waals surface area contributed by atoms with Crippen molar-refractivity contribution >= 4 is 11.4 Å². The molecule has 0 radical (unpaired) electrons. The van der Waals surface area contributed by atoms with Crippen LogP contribution in [0.15, 0.2) is 18.2 Å². The van der Waals surface area contributed by atoms with Crippen LogP contribution in [0, 0.1) is 5.82 Å². The summed E-state index contributed by atoms with van der Waals surface area (Å²) >= 11 is 0. The van der Waals surface area contributed by atoms with Gasteiger partial charge in [0.1, 0.15) is 5.82 Å². The Labute approximate surface area is 71.2 Å². The summed E-state index contributed by atoms with van der Waals surface area (Å²) in [5.74, 6) is -0.170. The van der Waals surface area contributed by atoms with Gasteiger partial charge in [-0.25, -0.2) is 4.39 Å². The van der Waals surface area contributed by atoms with Gasteiger partial charge in [0.15, 0.2) is 0 Å². The molecule has 0 saturated carbocycles. The molecule has 0 saturated heterocycles. The van der Waals surface area contributed by atoms with Gasteiger partial charge in [0.05, 0.1) is 18.0 Å². The van der Waals surface area contributed by atoms with Crippen LogP contribution in [0.2, 0.25) is 0 Å². The van der Waals surface area contributed by atoms with Gasteiger partial charge in [-0.2, -0.15) is 0 Å². The van der Waals surface area contributed by atoms with Crippen LogP contribution >= 0.6 is 0 Å². The van der Waals surface area contributed by atoms with Crippen LogP contribution in [-0.4, -0.2) is 20.8 Å². The first-order valence-electron chi connectivity index (χ1n) is 3.90. The zero-order valence-electron chi connectivity index (χ0n) is 7.21. The maximum absolute atomic E-state index is 12.8. The number of benzene rings is 1. The van der Waals surface area contributed by atoms with E-state index < -0.39 is 0 Å². The molecule has 0 spiro atoms. The lowest BCUT2D eigenvalue weighted by Gasteiger charge is -2.11. The van der Waals surface area contributed by atoms with Gasteiger partial charge in [-0.05, 0) is 18.2 Å². The standard InChI is InChI=1S/C9H11FN2/c1-11-6-12(2)9-5-7(10)3-4-8(9)11/h3-5H,6H2,1-2H3. The summed E-state index contributed by atoms with van der Waals surface area (Å²) in [6.07, 6.45) is 0. The van der Waals surface area contributed by atoms with Crippen LogP contribution in [0.25, 0.3) is 0 Å². The van der Waals surface area contributed by atoms with Gasteiger partial charge < -0.3 is 9.80 Å². The second-order valence-electron chi connectivity index (χ2n) is 3.17. The van der Waals surface area contributed by atoms with Gasteiger partial charge in [0.25, 0.3) is 0 Å². The van der Waals surface area contributed by atoms with Crippen molar-refractivity contribution in [3.8, 4) is 0 Å². The van der Waals surface area contributed by atoms with E-state index in [9.17, 15) is 4.39 Å². The Balaban J connectivity index is 2.53. The van der Waals surface area contributed by atoms with E-state index in [0.717, 1.165) is 18.0 Å². The van der Waals surface area contributed by atoms with E-state index in [0.29, 0.717) is 0 Å². The molecule has 0 aliphatic carbocycles. The highest BCUT2D eigenvalue weighted by molar-refractivity contribution is 5.75. The minimum Gasteiger partial charge on any atom is -0.355 e. The van der Waals surface area contributed by atoms with E-state index in [1.807, 2.05) is 25.1 Å². The molecule has 0 aromatic heterocycles. The zero-order valence-corrected chi connectivity index (χ0v) is 7.21. The molecule has 1 heterocycles. The van der Waals surface area contributed by atoms with Crippen LogP contribution in [0.4, 0.5) is 15.8 Å². The topological polar surface area (TPSA) is 6.48 Å². The third-order valence-corrected chi connectivity index (χ3v) is 2.18. The molecule has 0 unspecified atom stereocenters. The van der Waals surface area contributed by atoms with Crippen molar-refractivity contribution in [1.82, 2.24) is 0 Å². The van der Waals surface area contributed by atoms with Crippen molar-refractivity contribution in [1.29, 1.82) is 0 Å². The van der Waals surface area contributed by atoms with Gasteiger partial charge in [0, 0.05) is 14.1 Å². The second-order valence-corrected chi connectivity index (χ2v) is 3.17. The third kappa shape index (κ3) is 0.932. The molecule has 0 atom stereocenters. The molecular formula is C9H11FN2. The van der Waals surface area contributed by atoms with Gasteiger partial charge in [-0.1, -0.05) is 0 Å². The van der Waals surface area contributed by atoms with E-state index in [1.165, 1.54) is 6.07 Å². The number of anilines is 2. The Kier molecular flexibility index (Phi) is 1.46. The first-order chi connectivity index (χ1) is 5.68. The maximum Gasteiger partial charge on any atom is 0.125 e. The van der Waals surface area contributed by atoms with Gasteiger partial charge in [0.2, 0.25) is 0 Å². The number of hydrogen-bond acceptors (Lipinski definition) is 2. The van der Waals surface area contributed by atoms with E-state index >= 15 is 0 Å². The number of nitrogens with zero attached hydrogens (tertiary/aromatic N) is 2. The van der Waals surface area contributed by atoms with Gasteiger partial charge in [-0.15, -0.1) is 0 Å². The van der Waals surface area contributed by atoms with E-state index in [4.69, 9.17) is 0 Å². The number of hydrogen-bond donors (Lipinski definition) is 0. The average Bonchev–Trinajstić information content (AvgIpc) is 2.28. The molecule has 2 nitrogen and oxygen atoms in total. The smallest absolute Gasteiger partial charge is 0.125 e. The third-order valence-electron chi connectivity index (χ3n) is 2.18. The molecule has 0 N–H and O–H groups in total. The Morgan fingerprint density at radius 2 is 1.83 bits per heavy atom. The summed E-state index contributed by atoms with van der Waals surface area (Å²) in [4.78, 5) is 4.12. The number of fused-ring (bicyclic) bond motifs is 1. The molecule has 12 heavy (non-hydrogen) atoms. The van der Waals surface area contributed by atoms with Crippen LogP contribution in [0.5, 0.6) is 0 Å². The maximum atomic E-state index is 12.8. The Morgan fingerprint density at radius 3 is 2.58 bits per heavy atom. The van der Waals surface area contributed by atoms with Gasteiger partial charge >= 0.3 is 0 Å². The minimum absolute atomic E-state index is 0.170. The number of rotatable bonds is 0. The van der Waals surface area contributed by atoms with Crippen LogP contribution in [-0.2, 0) is 0 Å². The lowest BCUT2D eigenvalue weighted by molar-refractivity contribution is 0.628. The Hall–Kier alpha value is -1.25. The van der Waals surface area contributed by atoms with Crippen molar-refractivity contribution in [2.75, 3.05) is 30.6 Å². The molecule has 0 fully saturated rings. The lowest BCUT2D eigenvalue weighted by atomic mass is 10.2. The van der Waals surface area contributed by atoms with E-state index in [2.05, 4.69) is 4.90 Å². The fourth-order valence-electron chi connectivity index (χ4n) is 1.60. The first kappa shape index (κ1) is 7.40. The van der Waals surface area contributed by atoms with Crippen molar-refractivity contribution in [3.05, 3.63) is 24.0 Å². The molecule has 1 aromatic rings. The monoisotopic (exact) mass is 166 g/mol. The SMILES string of the molecule is CN1CN(C)c2cc(F)ccc21. The summed E-state index contributed by atoms with van der Waals surface area (Å²) in [6.45, 7) is 0.832. The highest BCUT2D eigenvalue weighted by atomic mass is 19.1.